The van der Waals surface area contributed by atoms with Crippen LogP contribution in [0, 0.1) is 11.8 Å². The van der Waals surface area contributed by atoms with E-state index in [1.165, 1.54) is 5.56 Å². The van der Waals surface area contributed by atoms with Crippen molar-refractivity contribution in [1.82, 2.24) is 0 Å². The minimum Gasteiger partial charge on any atom is -0.329 e. The van der Waals surface area contributed by atoms with Gasteiger partial charge >= 0.3 is 0 Å². The van der Waals surface area contributed by atoms with Crippen LogP contribution in [0.5, 0.6) is 0 Å². The minimum atomic E-state index is 0.0289. The summed E-state index contributed by atoms with van der Waals surface area (Å²) in [5.74, 6) is 6.29. The van der Waals surface area contributed by atoms with E-state index >= 15 is 0 Å². The van der Waals surface area contributed by atoms with E-state index in [0.717, 1.165) is 17.5 Å². The Morgan fingerprint density at radius 1 is 0.842 bits per heavy atom. The molecule has 0 aliphatic carbocycles. The van der Waals surface area contributed by atoms with Crippen LogP contribution in [0.15, 0.2) is 54.6 Å². The molecule has 0 saturated carbocycles. The lowest BCUT2D eigenvalue weighted by molar-refractivity contribution is 0.678. The Balaban J connectivity index is 2.05. The summed E-state index contributed by atoms with van der Waals surface area (Å²) in [7, 11) is 0. The van der Waals surface area contributed by atoms with Crippen LogP contribution in [0.2, 0.25) is 0 Å². The van der Waals surface area contributed by atoms with Crippen molar-refractivity contribution in [3.05, 3.63) is 71.3 Å². The molecule has 19 heavy (non-hydrogen) atoms. The second-order valence-corrected chi connectivity index (χ2v) is 4.51. The first-order valence-electron chi connectivity index (χ1n) is 6.39. The topological polar surface area (TPSA) is 52.0 Å². The summed E-state index contributed by atoms with van der Waals surface area (Å²) in [5.41, 5.74) is 14.6. The summed E-state index contributed by atoms with van der Waals surface area (Å²) >= 11 is 0. The molecule has 2 heteroatoms. The van der Waals surface area contributed by atoms with E-state index in [2.05, 4.69) is 24.0 Å². The SMILES string of the molecule is NCC(N)Cc1ccc(C#Cc2ccccc2)cc1. The molecule has 1 unspecified atom stereocenters. The number of rotatable bonds is 3. The maximum atomic E-state index is 5.82. The maximum Gasteiger partial charge on any atom is 0.0249 e. The predicted molar refractivity (Wildman–Crippen MR) is 79.6 cm³/mol. The van der Waals surface area contributed by atoms with Crippen molar-refractivity contribution < 1.29 is 0 Å². The fourth-order valence-electron chi connectivity index (χ4n) is 1.78. The van der Waals surface area contributed by atoms with Gasteiger partial charge in [0.25, 0.3) is 0 Å². The summed E-state index contributed by atoms with van der Waals surface area (Å²) in [6.07, 6.45) is 0.808. The van der Waals surface area contributed by atoms with Crippen LogP contribution in [0.4, 0.5) is 0 Å². The Kier molecular flexibility index (Phi) is 4.74. The molecule has 2 rings (SSSR count). The van der Waals surface area contributed by atoms with Crippen molar-refractivity contribution in [2.75, 3.05) is 6.54 Å². The van der Waals surface area contributed by atoms with Crippen molar-refractivity contribution in [2.45, 2.75) is 12.5 Å². The third-order valence-corrected chi connectivity index (χ3v) is 2.88. The van der Waals surface area contributed by atoms with Crippen molar-refractivity contribution in [2.24, 2.45) is 11.5 Å². The summed E-state index contributed by atoms with van der Waals surface area (Å²) in [6, 6.07) is 18.2. The molecule has 0 heterocycles. The van der Waals surface area contributed by atoms with E-state index in [-0.39, 0.29) is 6.04 Å². The molecule has 96 valence electrons. The van der Waals surface area contributed by atoms with Gasteiger partial charge in [0.1, 0.15) is 0 Å². The van der Waals surface area contributed by atoms with Gasteiger partial charge in [-0.2, -0.15) is 0 Å². The van der Waals surface area contributed by atoms with Crippen LogP contribution in [0.25, 0.3) is 0 Å². The maximum absolute atomic E-state index is 5.82. The molecule has 0 amide bonds. The Morgan fingerprint density at radius 2 is 1.42 bits per heavy atom. The Hall–Kier alpha value is -2.08. The lowest BCUT2D eigenvalue weighted by Gasteiger charge is -2.07. The van der Waals surface area contributed by atoms with Gasteiger partial charge in [-0.25, -0.2) is 0 Å². The van der Waals surface area contributed by atoms with E-state index in [1.807, 2.05) is 42.5 Å². The first kappa shape index (κ1) is 13.4. The van der Waals surface area contributed by atoms with Crippen LogP contribution < -0.4 is 11.5 Å². The third kappa shape index (κ3) is 4.26. The molecule has 0 aromatic heterocycles. The van der Waals surface area contributed by atoms with Crippen molar-refractivity contribution >= 4 is 0 Å². The molecule has 0 aliphatic rings. The fraction of sp³-hybridized carbons (Fsp3) is 0.176. The molecule has 0 fully saturated rings. The van der Waals surface area contributed by atoms with Gasteiger partial charge in [0.2, 0.25) is 0 Å². The summed E-state index contributed by atoms with van der Waals surface area (Å²) in [6.45, 7) is 0.509. The third-order valence-electron chi connectivity index (χ3n) is 2.88. The van der Waals surface area contributed by atoms with Crippen LogP contribution >= 0.6 is 0 Å². The summed E-state index contributed by atoms with van der Waals surface area (Å²) in [5, 5.41) is 0. The van der Waals surface area contributed by atoms with Crippen LogP contribution in [0.1, 0.15) is 16.7 Å². The standard InChI is InChI=1S/C17H18N2/c18-13-17(19)12-16-10-8-15(9-11-16)7-6-14-4-2-1-3-5-14/h1-5,8-11,17H,12-13,18-19H2. The quantitative estimate of drug-likeness (QED) is 0.818. The zero-order valence-corrected chi connectivity index (χ0v) is 10.8. The van der Waals surface area contributed by atoms with Gasteiger partial charge in [-0.3, -0.25) is 0 Å². The molecule has 0 saturated heterocycles. The highest BCUT2D eigenvalue weighted by molar-refractivity contribution is 5.43. The zero-order valence-electron chi connectivity index (χ0n) is 10.8. The minimum absolute atomic E-state index is 0.0289. The lowest BCUT2D eigenvalue weighted by Crippen LogP contribution is -2.31. The van der Waals surface area contributed by atoms with Crippen molar-refractivity contribution in [1.29, 1.82) is 0 Å². The molecule has 2 aromatic rings. The highest BCUT2D eigenvalue weighted by Gasteiger charge is 2.00. The average molecular weight is 250 g/mol. The molecule has 0 radical (unpaired) electrons. The fourth-order valence-corrected chi connectivity index (χ4v) is 1.78. The van der Waals surface area contributed by atoms with Gasteiger partial charge in [-0.15, -0.1) is 0 Å². The van der Waals surface area contributed by atoms with Crippen LogP contribution in [-0.2, 0) is 6.42 Å². The van der Waals surface area contributed by atoms with Gasteiger partial charge in [-0.05, 0) is 36.2 Å². The van der Waals surface area contributed by atoms with Gasteiger partial charge in [0.15, 0.2) is 0 Å². The smallest absolute Gasteiger partial charge is 0.0249 e. The van der Waals surface area contributed by atoms with Gasteiger partial charge in [0.05, 0.1) is 0 Å². The Morgan fingerprint density at radius 3 is 2.00 bits per heavy atom. The lowest BCUT2D eigenvalue weighted by atomic mass is 10.0. The second kappa shape index (κ2) is 6.75. The predicted octanol–water partition coefficient (Wildman–Crippen LogP) is 1.91. The second-order valence-electron chi connectivity index (χ2n) is 4.51. The van der Waals surface area contributed by atoms with E-state index in [1.54, 1.807) is 0 Å². The number of hydrogen-bond acceptors (Lipinski definition) is 2. The molecule has 0 spiro atoms. The Labute approximate surface area is 114 Å². The monoisotopic (exact) mass is 250 g/mol. The molecular formula is C17H18N2. The van der Waals surface area contributed by atoms with Crippen molar-refractivity contribution in [3.63, 3.8) is 0 Å². The molecule has 4 N–H and O–H groups in total. The molecule has 1 atom stereocenters. The number of hydrogen-bond donors (Lipinski definition) is 2. The Bertz CT molecular complexity index is 562. The zero-order chi connectivity index (χ0) is 13.5. The first-order chi connectivity index (χ1) is 9.28. The molecular weight excluding hydrogens is 232 g/mol. The number of nitrogens with two attached hydrogens (primary N) is 2. The molecule has 2 nitrogen and oxygen atoms in total. The van der Waals surface area contributed by atoms with Crippen LogP contribution in [0.3, 0.4) is 0 Å². The van der Waals surface area contributed by atoms with E-state index in [9.17, 15) is 0 Å². The van der Waals surface area contributed by atoms with Gasteiger partial charge in [-0.1, -0.05) is 42.2 Å². The summed E-state index contributed by atoms with van der Waals surface area (Å²) < 4.78 is 0. The molecule has 0 bridgehead atoms. The number of benzene rings is 2. The highest BCUT2D eigenvalue weighted by atomic mass is 14.7. The first-order valence-corrected chi connectivity index (χ1v) is 6.39. The van der Waals surface area contributed by atoms with Gasteiger partial charge < -0.3 is 11.5 Å². The van der Waals surface area contributed by atoms with Crippen LogP contribution in [-0.4, -0.2) is 12.6 Å². The van der Waals surface area contributed by atoms with Crippen molar-refractivity contribution in [3.8, 4) is 11.8 Å². The average Bonchev–Trinajstić information content (AvgIpc) is 2.47. The van der Waals surface area contributed by atoms with Gasteiger partial charge in [0, 0.05) is 23.7 Å². The normalized spacial score (nSPS) is 11.5. The molecule has 0 aliphatic heterocycles. The van der Waals surface area contributed by atoms with E-state index < -0.39 is 0 Å². The largest absolute Gasteiger partial charge is 0.329 e. The highest BCUT2D eigenvalue weighted by Crippen LogP contribution is 2.06. The molecule has 2 aromatic carbocycles. The van der Waals surface area contributed by atoms with E-state index in [0.29, 0.717) is 6.54 Å². The van der Waals surface area contributed by atoms with E-state index in [4.69, 9.17) is 11.5 Å². The summed E-state index contributed by atoms with van der Waals surface area (Å²) in [4.78, 5) is 0.